The zero-order chi connectivity index (χ0) is 26.5. The van der Waals surface area contributed by atoms with Gasteiger partial charge in [-0.15, -0.1) is 0 Å². The maximum atomic E-state index is 12.7. The van der Waals surface area contributed by atoms with E-state index in [1.54, 1.807) is 12.1 Å². The van der Waals surface area contributed by atoms with Gasteiger partial charge in [0.25, 0.3) is 0 Å². The Morgan fingerprint density at radius 3 is 2.35 bits per heavy atom. The maximum Gasteiger partial charge on any atom is 0.335 e. The second-order valence-electron chi connectivity index (χ2n) is 13.4. The molecule has 0 heterocycles. The molecule has 4 aliphatic carbocycles. The molecule has 37 heavy (non-hydrogen) atoms. The van der Waals surface area contributed by atoms with Crippen LogP contribution in [0.5, 0.6) is 0 Å². The Hall–Kier alpha value is -1.92. The van der Waals surface area contributed by atoms with E-state index in [0.717, 1.165) is 32.1 Å². The molecule has 6 nitrogen and oxygen atoms in total. The van der Waals surface area contributed by atoms with Crippen molar-refractivity contribution < 1.29 is 24.9 Å². The van der Waals surface area contributed by atoms with E-state index in [-0.39, 0.29) is 34.5 Å². The zero-order valence-electron chi connectivity index (χ0n) is 22.7. The molecule has 0 spiro atoms. The summed E-state index contributed by atoms with van der Waals surface area (Å²) in [4.78, 5) is 23.7. The summed E-state index contributed by atoms with van der Waals surface area (Å²) < 4.78 is 0. The van der Waals surface area contributed by atoms with Gasteiger partial charge in [0.15, 0.2) is 0 Å². The lowest BCUT2D eigenvalue weighted by Crippen LogP contribution is -2.58. The van der Waals surface area contributed by atoms with Crippen LogP contribution in [0.25, 0.3) is 0 Å². The summed E-state index contributed by atoms with van der Waals surface area (Å²) in [5.74, 6) is 1.89. The minimum absolute atomic E-state index is 0.0283. The molecule has 1 amide bonds. The molecular formula is C31H45NO5. The normalized spacial score (nSPS) is 41.7. The third-order valence-electron chi connectivity index (χ3n) is 11.7. The van der Waals surface area contributed by atoms with Gasteiger partial charge in [-0.05, 0) is 128 Å². The van der Waals surface area contributed by atoms with Gasteiger partial charge >= 0.3 is 5.97 Å². The average molecular weight is 512 g/mol. The first kappa shape index (κ1) is 26.7. The first-order chi connectivity index (χ1) is 17.5. The Labute approximate surface area is 221 Å². The molecule has 0 saturated heterocycles. The van der Waals surface area contributed by atoms with Crippen molar-refractivity contribution in [2.45, 2.75) is 97.2 Å². The summed E-state index contributed by atoms with van der Waals surface area (Å²) in [6.45, 7) is 7.23. The largest absolute Gasteiger partial charge is 0.478 e. The Bertz CT molecular complexity index is 1010. The van der Waals surface area contributed by atoms with Gasteiger partial charge in [0.2, 0.25) is 5.91 Å². The number of aliphatic hydroxyl groups is 2. The number of carboxylic acids is 1. The fourth-order valence-electron chi connectivity index (χ4n) is 9.66. The predicted octanol–water partition coefficient (Wildman–Crippen LogP) is 5.73. The predicted molar refractivity (Wildman–Crippen MR) is 143 cm³/mol. The fourth-order valence-corrected chi connectivity index (χ4v) is 9.66. The van der Waals surface area contributed by atoms with E-state index < -0.39 is 5.97 Å². The SMILES string of the molecule is CC(CCC(=O)Nc1ccc(C(=O)O)cc1)C1CCC2C3C(O)CC4CC(O)CCC4(C)C3CCC12C. The third kappa shape index (κ3) is 4.73. The molecule has 0 bridgehead atoms. The van der Waals surface area contributed by atoms with E-state index in [1.165, 1.54) is 37.8 Å². The molecule has 1 aromatic carbocycles. The minimum Gasteiger partial charge on any atom is -0.478 e. The van der Waals surface area contributed by atoms with Crippen LogP contribution < -0.4 is 5.32 Å². The molecule has 10 unspecified atom stereocenters. The molecule has 10 atom stereocenters. The summed E-state index contributed by atoms with van der Waals surface area (Å²) in [5.41, 5.74) is 1.29. The zero-order valence-corrected chi connectivity index (χ0v) is 22.7. The Morgan fingerprint density at radius 2 is 1.65 bits per heavy atom. The topological polar surface area (TPSA) is 107 Å². The number of carboxylic acid groups (broad SMARTS) is 1. The molecule has 5 rings (SSSR count). The van der Waals surface area contributed by atoms with Gasteiger partial charge in [-0.3, -0.25) is 4.79 Å². The van der Waals surface area contributed by atoms with E-state index in [4.69, 9.17) is 5.11 Å². The lowest BCUT2D eigenvalue weighted by molar-refractivity contribution is -0.174. The van der Waals surface area contributed by atoms with Crippen molar-refractivity contribution in [3.05, 3.63) is 29.8 Å². The summed E-state index contributed by atoms with van der Waals surface area (Å²) in [7, 11) is 0. The van der Waals surface area contributed by atoms with Crippen molar-refractivity contribution in [3.8, 4) is 0 Å². The average Bonchev–Trinajstić information content (AvgIpc) is 3.21. The Balaban J connectivity index is 1.21. The molecule has 4 saturated carbocycles. The summed E-state index contributed by atoms with van der Waals surface area (Å²) in [6, 6.07) is 6.29. The Kier molecular flexibility index (Phi) is 7.21. The van der Waals surface area contributed by atoms with E-state index >= 15 is 0 Å². The van der Waals surface area contributed by atoms with Gasteiger partial charge in [0, 0.05) is 12.1 Å². The number of hydrogen-bond donors (Lipinski definition) is 4. The molecule has 0 radical (unpaired) electrons. The van der Waals surface area contributed by atoms with Crippen LogP contribution in [0.3, 0.4) is 0 Å². The molecule has 4 fully saturated rings. The van der Waals surface area contributed by atoms with Crippen LogP contribution in [0.15, 0.2) is 24.3 Å². The van der Waals surface area contributed by atoms with Crippen molar-refractivity contribution in [1.29, 1.82) is 0 Å². The number of carbonyl (C=O) groups is 2. The van der Waals surface area contributed by atoms with Gasteiger partial charge < -0.3 is 20.6 Å². The highest BCUT2D eigenvalue weighted by molar-refractivity contribution is 5.92. The molecule has 1 aromatic rings. The number of aromatic carboxylic acids is 1. The van der Waals surface area contributed by atoms with Crippen LogP contribution in [0.4, 0.5) is 5.69 Å². The summed E-state index contributed by atoms with van der Waals surface area (Å²) in [6.07, 6.45) is 9.24. The van der Waals surface area contributed by atoms with E-state index in [1.807, 2.05) is 0 Å². The van der Waals surface area contributed by atoms with E-state index in [9.17, 15) is 19.8 Å². The molecule has 6 heteroatoms. The number of rotatable bonds is 6. The second kappa shape index (κ2) is 10.00. The fraction of sp³-hybridized carbons (Fsp3) is 0.742. The number of amides is 1. The van der Waals surface area contributed by atoms with Crippen LogP contribution >= 0.6 is 0 Å². The molecule has 4 aliphatic rings. The number of benzene rings is 1. The summed E-state index contributed by atoms with van der Waals surface area (Å²) >= 11 is 0. The number of carbonyl (C=O) groups excluding carboxylic acids is 1. The number of anilines is 1. The first-order valence-corrected chi connectivity index (χ1v) is 14.5. The number of nitrogens with one attached hydrogen (secondary N) is 1. The highest BCUT2D eigenvalue weighted by Gasteiger charge is 2.62. The quantitative estimate of drug-likeness (QED) is 0.390. The lowest BCUT2D eigenvalue weighted by atomic mass is 9.43. The highest BCUT2D eigenvalue weighted by Crippen LogP contribution is 2.68. The molecular weight excluding hydrogens is 466 g/mol. The van der Waals surface area contributed by atoms with Crippen molar-refractivity contribution in [1.82, 2.24) is 0 Å². The minimum atomic E-state index is -0.976. The van der Waals surface area contributed by atoms with Gasteiger partial charge in [0.05, 0.1) is 17.8 Å². The third-order valence-corrected chi connectivity index (χ3v) is 11.7. The van der Waals surface area contributed by atoms with Gasteiger partial charge in [-0.25, -0.2) is 4.79 Å². The standard InChI is InChI=1S/C31H45NO5/c1-18(4-11-27(35)32-21-7-5-19(6-8-21)29(36)37)23-9-10-24-28-25(13-15-31(23,24)3)30(2)14-12-22(33)16-20(30)17-26(28)34/h5-8,18,20,22-26,28,33-34H,4,9-17H2,1-3H3,(H,32,35)(H,36,37). The van der Waals surface area contributed by atoms with Gasteiger partial charge in [-0.1, -0.05) is 20.8 Å². The Morgan fingerprint density at radius 1 is 0.973 bits per heavy atom. The van der Waals surface area contributed by atoms with Crippen molar-refractivity contribution in [3.63, 3.8) is 0 Å². The van der Waals surface area contributed by atoms with Crippen LogP contribution in [0, 0.1) is 46.3 Å². The van der Waals surface area contributed by atoms with Crippen LogP contribution in [-0.4, -0.2) is 39.4 Å². The van der Waals surface area contributed by atoms with Crippen LogP contribution in [-0.2, 0) is 4.79 Å². The number of hydrogen-bond acceptors (Lipinski definition) is 4. The smallest absolute Gasteiger partial charge is 0.335 e. The second-order valence-corrected chi connectivity index (χ2v) is 13.4. The van der Waals surface area contributed by atoms with E-state index in [0.29, 0.717) is 47.6 Å². The highest BCUT2D eigenvalue weighted by atomic mass is 16.4. The van der Waals surface area contributed by atoms with Crippen molar-refractivity contribution in [2.75, 3.05) is 5.32 Å². The summed E-state index contributed by atoms with van der Waals surface area (Å²) in [5, 5.41) is 33.7. The van der Waals surface area contributed by atoms with E-state index in [2.05, 4.69) is 26.1 Å². The maximum absolute atomic E-state index is 12.7. The van der Waals surface area contributed by atoms with Crippen molar-refractivity contribution in [2.24, 2.45) is 46.3 Å². The molecule has 0 aromatic heterocycles. The monoisotopic (exact) mass is 511 g/mol. The van der Waals surface area contributed by atoms with Gasteiger partial charge in [0.1, 0.15) is 0 Å². The van der Waals surface area contributed by atoms with Crippen LogP contribution in [0.1, 0.15) is 95.3 Å². The lowest BCUT2D eigenvalue weighted by Gasteiger charge is -2.62. The number of aliphatic hydroxyl groups excluding tert-OH is 2. The molecule has 4 N–H and O–H groups in total. The van der Waals surface area contributed by atoms with Crippen LogP contribution in [0.2, 0.25) is 0 Å². The first-order valence-electron chi connectivity index (χ1n) is 14.5. The molecule has 204 valence electrons. The van der Waals surface area contributed by atoms with Crippen molar-refractivity contribution >= 4 is 17.6 Å². The van der Waals surface area contributed by atoms with Gasteiger partial charge in [-0.2, -0.15) is 0 Å². The number of fused-ring (bicyclic) bond motifs is 5. The molecule has 0 aliphatic heterocycles.